The Morgan fingerprint density at radius 3 is 2.41 bits per heavy atom. The lowest BCUT2D eigenvalue weighted by Crippen LogP contribution is -2.51. The first-order chi connectivity index (χ1) is 16.4. The van der Waals surface area contributed by atoms with Gasteiger partial charge >= 0.3 is 0 Å². The van der Waals surface area contributed by atoms with Gasteiger partial charge in [0.15, 0.2) is 17.6 Å². The van der Waals surface area contributed by atoms with Gasteiger partial charge in [-0.25, -0.2) is 0 Å². The van der Waals surface area contributed by atoms with Crippen LogP contribution in [0.25, 0.3) is 0 Å². The minimum absolute atomic E-state index is 0.0904. The van der Waals surface area contributed by atoms with Crippen molar-refractivity contribution in [1.82, 2.24) is 10.2 Å². The van der Waals surface area contributed by atoms with E-state index in [1.165, 1.54) is 4.90 Å². The van der Waals surface area contributed by atoms with Gasteiger partial charge in [-0.15, -0.1) is 11.6 Å². The molecule has 182 valence electrons. The maximum Gasteiger partial charge on any atom is 0.247 e. The molecule has 2 aromatic rings. The molecule has 1 N–H and O–H groups in total. The number of rotatable bonds is 7. The summed E-state index contributed by atoms with van der Waals surface area (Å²) in [6, 6.07) is 13.6. The van der Waals surface area contributed by atoms with Crippen LogP contribution in [0.1, 0.15) is 44.2 Å². The van der Waals surface area contributed by atoms with Gasteiger partial charge in [0.05, 0.1) is 6.54 Å². The molecule has 1 fully saturated rings. The number of alkyl halides is 1. The fourth-order valence-electron chi connectivity index (χ4n) is 4.60. The summed E-state index contributed by atoms with van der Waals surface area (Å²) in [7, 11) is 0. The van der Waals surface area contributed by atoms with Crippen LogP contribution in [0, 0.1) is 5.92 Å². The summed E-state index contributed by atoms with van der Waals surface area (Å²) >= 11 is 12.1. The molecular formula is C26H30Cl2N2O4. The van der Waals surface area contributed by atoms with Gasteiger partial charge in [0.25, 0.3) is 0 Å². The predicted molar refractivity (Wildman–Crippen MR) is 133 cm³/mol. The van der Waals surface area contributed by atoms with Gasteiger partial charge in [0.2, 0.25) is 11.8 Å². The molecule has 34 heavy (non-hydrogen) atoms. The fraction of sp³-hybridized carbons (Fsp3) is 0.462. The van der Waals surface area contributed by atoms with E-state index in [1.54, 1.807) is 24.3 Å². The summed E-state index contributed by atoms with van der Waals surface area (Å²) in [5.41, 5.74) is 0.668. The third kappa shape index (κ3) is 5.97. The number of nitrogens with zero attached hydrogens (tertiary/aromatic N) is 1. The van der Waals surface area contributed by atoms with Crippen molar-refractivity contribution in [2.75, 3.05) is 19.0 Å². The van der Waals surface area contributed by atoms with E-state index >= 15 is 0 Å². The van der Waals surface area contributed by atoms with Crippen molar-refractivity contribution in [2.24, 2.45) is 5.92 Å². The predicted octanol–water partition coefficient (Wildman–Crippen LogP) is 4.98. The quantitative estimate of drug-likeness (QED) is 0.539. The summed E-state index contributed by atoms with van der Waals surface area (Å²) in [6.45, 7) is 2.65. The number of carbonyl (C=O) groups is 2. The Morgan fingerprint density at radius 2 is 1.74 bits per heavy atom. The number of benzene rings is 2. The molecule has 4 rings (SSSR count). The number of carbonyl (C=O) groups excluding carboxylic acids is 2. The van der Waals surface area contributed by atoms with Crippen LogP contribution in [0.2, 0.25) is 5.02 Å². The Morgan fingerprint density at radius 1 is 1.06 bits per heavy atom. The molecule has 0 spiro atoms. The Hall–Kier alpha value is -2.44. The number of halogens is 2. The minimum atomic E-state index is -0.858. The summed E-state index contributed by atoms with van der Waals surface area (Å²) in [4.78, 5) is 28.2. The third-order valence-corrected chi connectivity index (χ3v) is 6.99. The second-order valence-corrected chi connectivity index (χ2v) is 9.80. The Bertz CT molecular complexity index is 993. The van der Waals surface area contributed by atoms with Crippen LogP contribution in [0.15, 0.2) is 48.5 Å². The minimum Gasteiger partial charge on any atom is -0.486 e. The lowest BCUT2D eigenvalue weighted by molar-refractivity contribution is -0.141. The molecule has 0 radical (unpaired) electrons. The summed E-state index contributed by atoms with van der Waals surface area (Å²) in [5, 5.41) is 3.74. The Labute approximate surface area is 210 Å². The van der Waals surface area contributed by atoms with Crippen molar-refractivity contribution >= 4 is 35.0 Å². The fourth-order valence-corrected chi connectivity index (χ4v) is 4.88. The van der Waals surface area contributed by atoms with Crippen LogP contribution < -0.4 is 14.8 Å². The first-order valence-electron chi connectivity index (χ1n) is 11.7. The molecule has 1 aliphatic heterocycles. The van der Waals surface area contributed by atoms with Gasteiger partial charge in [-0.05, 0) is 61.4 Å². The number of fused-ring (bicyclic) bond motifs is 1. The second kappa shape index (κ2) is 11.3. The van der Waals surface area contributed by atoms with Crippen molar-refractivity contribution in [3.8, 4) is 11.5 Å². The highest BCUT2D eigenvalue weighted by Crippen LogP contribution is 2.32. The SMILES string of the molecule is CC1CCC(NC(=O)C(c2ccc(Cl)cc2)N(CC2COc3ccccc3O2)C(=O)CCl)CC1. The van der Waals surface area contributed by atoms with Crippen LogP contribution in [0.5, 0.6) is 11.5 Å². The molecule has 8 heteroatoms. The van der Waals surface area contributed by atoms with E-state index in [2.05, 4.69) is 12.2 Å². The third-order valence-electron chi connectivity index (χ3n) is 6.51. The molecule has 1 heterocycles. The average molecular weight is 505 g/mol. The molecular weight excluding hydrogens is 475 g/mol. The number of hydrogen-bond donors (Lipinski definition) is 1. The highest BCUT2D eigenvalue weighted by atomic mass is 35.5. The van der Waals surface area contributed by atoms with Gasteiger partial charge in [0.1, 0.15) is 18.5 Å². The lowest BCUT2D eigenvalue weighted by atomic mass is 9.87. The Kier molecular flexibility index (Phi) is 8.22. The van der Waals surface area contributed by atoms with Gasteiger partial charge in [-0.2, -0.15) is 0 Å². The zero-order valence-electron chi connectivity index (χ0n) is 19.2. The van der Waals surface area contributed by atoms with Crippen LogP contribution in [0.4, 0.5) is 0 Å². The van der Waals surface area contributed by atoms with E-state index in [-0.39, 0.29) is 36.9 Å². The largest absolute Gasteiger partial charge is 0.486 e. The smallest absolute Gasteiger partial charge is 0.247 e. The van der Waals surface area contributed by atoms with E-state index in [0.29, 0.717) is 28.0 Å². The molecule has 2 amide bonds. The van der Waals surface area contributed by atoms with Crippen LogP contribution in [-0.2, 0) is 9.59 Å². The molecule has 0 aromatic heterocycles. The molecule has 2 aromatic carbocycles. The topological polar surface area (TPSA) is 67.9 Å². The summed E-state index contributed by atoms with van der Waals surface area (Å²) < 4.78 is 11.9. The summed E-state index contributed by atoms with van der Waals surface area (Å²) in [6.07, 6.45) is 3.57. The molecule has 2 aliphatic rings. The lowest BCUT2D eigenvalue weighted by Gasteiger charge is -2.36. The zero-order chi connectivity index (χ0) is 24.1. The van der Waals surface area contributed by atoms with Gasteiger partial charge in [-0.3, -0.25) is 9.59 Å². The number of nitrogens with one attached hydrogen (secondary N) is 1. The molecule has 2 unspecified atom stereocenters. The summed E-state index contributed by atoms with van der Waals surface area (Å²) in [5.74, 6) is 1.12. The molecule has 0 saturated heterocycles. The van der Waals surface area contributed by atoms with Crippen molar-refractivity contribution in [3.05, 3.63) is 59.1 Å². The highest BCUT2D eigenvalue weighted by Gasteiger charge is 2.36. The number of amides is 2. The van der Waals surface area contributed by atoms with Crippen LogP contribution in [0.3, 0.4) is 0 Å². The van der Waals surface area contributed by atoms with E-state index in [0.717, 1.165) is 25.7 Å². The maximum atomic E-state index is 13.6. The van der Waals surface area contributed by atoms with Gasteiger partial charge < -0.3 is 19.7 Å². The van der Waals surface area contributed by atoms with Crippen molar-refractivity contribution in [1.29, 1.82) is 0 Å². The molecule has 0 bridgehead atoms. The second-order valence-electron chi connectivity index (χ2n) is 9.10. The molecule has 1 saturated carbocycles. The van der Waals surface area contributed by atoms with Crippen molar-refractivity contribution in [2.45, 2.75) is 50.8 Å². The highest BCUT2D eigenvalue weighted by molar-refractivity contribution is 6.30. The van der Waals surface area contributed by atoms with E-state index in [1.807, 2.05) is 24.3 Å². The Balaban J connectivity index is 1.58. The monoisotopic (exact) mass is 504 g/mol. The number of ether oxygens (including phenoxy) is 2. The van der Waals surface area contributed by atoms with Crippen molar-refractivity contribution in [3.63, 3.8) is 0 Å². The van der Waals surface area contributed by atoms with E-state index in [4.69, 9.17) is 32.7 Å². The average Bonchev–Trinajstić information content (AvgIpc) is 2.85. The molecule has 6 nitrogen and oxygen atoms in total. The first kappa shape index (κ1) is 24.7. The maximum absolute atomic E-state index is 13.6. The first-order valence-corrected chi connectivity index (χ1v) is 12.7. The standard InChI is InChI=1S/C26H30Cl2N2O4/c1-17-6-12-20(13-7-17)29-26(32)25(18-8-10-19(28)11-9-18)30(24(31)14-27)15-21-16-33-22-4-2-3-5-23(22)34-21/h2-5,8-11,17,20-21,25H,6-7,12-16H2,1H3,(H,29,32). The number of para-hydroxylation sites is 2. The van der Waals surface area contributed by atoms with Crippen LogP contribution >= 0.6 is 23.2 Å². The van der Waals surface area contributed by atoms with Gasteiger partial charge in [-0.1, -0.05) is 42.8 Å². The molecule has 1 aliphatic carbocycles. The van der Waals surface area contributed by atoms with Crippen LogP contribution in [-0.4, -0.2) is 47.9 Å². The van der Waals surface area contributed by atoms with Crippen molar-refractivity contribution < 1.29 is 19.1 Å². The molecule has 2 atom stereocenters. The zero-order valence-corrected chi connectivity index (χ0v) is 20.7. The van der Waals surface area contributed by atoms with E-state index in [9.17, 15) is 9.59 Å². The van der Waals surface area contributed by atoms with Gasteiger partial charge in [0, 0.05) is 11.1 Å². The normalized spacial score (nSPS) is 22.5. The van der Waals surface area contributed by atoms with E-state index < -0.39 is 12.1 Å². The number of hydrogen-bond acceptors (Lipinski definition) is 4.